The summed E-state index contributed by atoms with van der Waals surface area (Å²) in [6.45, 7) is 2.81. The van der Waals surface area contributed by atoms with Crippen LogP contribution in [0.3, 0.4) is 0 Å². The number of halogens is 3. The van der Waals surface area contributed by atoms with E-state index in [0.717, 1.165) is 54.4 Å². The molecule has 4 aromatic rings. The van der Waals surface area contributed by atoms with E-state index in [1.54, 1.807) is 0 Å². The standard InChI is InChI=1S/C22H19F3N6/c23-22(24,25)18-10-27-20(28-18)11-30-12-21(13-30)5-6-31-19(21)8-17(29-31)15-7-14-3-1-2-4-16(14)26-9-15/h1-4,7-10H,5-6,11-13H2,(H,27,28). The van der Waals surface area contributed by atoms with Gasteiger partial charge in [0, 0.05) is 54.1 Å². The minimum absolute atomic E-state index is 0.00891. The molecule has 1 N–H and O–H groups in total. The number of imidazole rings is 1. The molecule has 6 nitrogen and oxygen atoms in total. The Hall–Kier alpha value is -3.20. The number of H-pyrrole nitrogens is 1. The smallest absolute Gasteiger partial charge is 0.347 e. The summed E-state index contributed by atoms with van der Waals surface area (Å²) in [6.07, 6.45) is -0.639. The molecule has 6 rings (SSSR count). The van der Waals surface area contributed by atoms with E-state index in [1.165, 1.54) is 5.69 Å². The zero-order chi connectivity index (χ0) is 21.2. The second-order valence-corrected chi connectivity index (χ2v) is 8.46. The van der Waals surface area contributed by atoms with E-state index in [2.05, 4.69) is 36.7 Å². The first kappa shape index (κ1) is 18.6. The number of aromatic amines is 1. The van der Waals surface area contributed by atoms with Crippen LogP contribution in [0.4, 0.5) is 13.2 Å². The number of aromatic nitrogens is 5. The number of nitrogens with zero attached hydrogens (tertiary/aromatic N) is 5. The molecule has 158 valence electrons. The zero-order valence-corrected chi connectivity index (χ0v) is 16.5. The molecule has 3 aromatic heterocycles. The molecule has 2 aliphatic heterocycles. The maximum absolute atomic E-state index is 12.8. The highest BCUT2D eigenvalue weighted by atomic mass is 19.4. The molecule has 0 radical (unpaired) electrons. The van der Waals surface area contributed by atoms with Crippen LogP contribution < -0.4 is 0 Å². The topological polar surface area (TPSA) is 62.6 Å². The van der Waals surface area contributed by atoms with Gasteiger partial charge in [0.2, 0.25) is 0 Å². The van der Waals surface area contributed by atoms with Gasteiger partial charge in [0.05, 0.1) is 17.8 Å². The number of pyridine rings is 1. The minimum Gasteiger partial charge on any atom is -0.347 e. The van der Waals surface area contributed by atoms with Crippen molar-refractivity contribution in [3.05, 3.63) is 66.0 Å². The van der Waals surface area contributed by atoms with E-state index in [1.807, 2.05) is 30.5 Å². The van der Waals surface area contributed by atoms with Crippen molar-refractivity contribution >= 4 is 10.9 Å². The van der Waals surface area contributed by atoms with Crippen molar-refractivity contribution < 1.29 is 13.2 Å². The van der Waals surface area contributed by atoms with E-state index in [-0.39, 0.29) is 5.41 Å². The molecule has 0 saturated carbocycles. The highest BCUT2D eigenvalue weighted by molar-refractivity contribution is 5.82. The van der Waals surface area contributed by atoms with Crippen LogP contribution in [-0.4, -0.2) is 42.7 Å². The van der Waals surface area contributed by atoms with Crippen molar-refractivity contribution in [1.82, 2.24) is 29.6 Å². The normalized spacial score (nSPS) is 17.9. The number of aryl methyl sites for hydroxylation is 1. The third-order valence-corrected chi connectivity index (χ3v) is 6.36. The van der Waals surface area contributed by atoms with Crippen molar-refractivity contribution in [1.29, 1.82) is 0 Å². The predicted octanol–water partition coefficient (Wildman–Crippen LogP) is 4.00. The molecule has 1 spiro atoms. The molecule has 9 heteroatoms. The Kier molecular flexibility index (Phi) is 3.83. The van der Waals surface area contributed by atoms with Crippen LogP contribution in [0.25, 0.3) is 22.2 Å². The van der Waals surface area contributed by atoms with Gasteiger partial charge in [-0.25, -0.2) is 4.98 Å². The first-order chi connectivity index (χ1) is 14.9. The summed E-state index contributed by atoms with van der Waals surface area (Å²) in [6, 6.07) is 12.2. The van der Waals surface area contributed by atoms with Crippen LogP contribution in [0.1, 0.15) is 23.6 Å². The number of benzene rings is 1. The van der Waals surface area contributed by atoms with Gasteiger partial charge in [0.1, 0.15) is 5.82 Å². The van der Waals surface area contributed by atoms with Crippen molar-refractivity contribution in [2.45, 2.75) is 31.1 Å². The fourth-order valence-corrected chi connectivity index (χ4v) is 4.86. The second kappa shape index (κ2) is 6.40. The molecule has 0 unspecified atom stereocenters. The quantitative estimate of drug-likeness (QED) is 0.540. The summed E-state index contributed by atoms with van der Waals surface area (Å²) >= 11 is 0. The Morgan fingerprint density at radius 1 is 1.13 bits per heavy atom. The first-order valence-electron chi connectivity index (χ1n) is 10.2. The second-order valence-electron chi connectivity index (χ2n) is 8.46. The average Bonchev–Trinajstić information content (AvgIpc) is 3.43. The summed E-state index contributed by atoms with van der Waals surface area (Å²) in [5.41, 5.74) is 3.19. The lowest BCUT2D eigenvalue weighted by Crippen LogP contribution is -2.57. The van der Waals surface area contributed by atoms with Gasteiger partial charge in [-0.1, -0.05) is 18.2 Å². The van der Waals surface area contributed by atoms with Crippen molar-refractivity contribution in [3.8, 4) is 11.3 Å². The Morgan fingerprint density at radius 3 is 2.77 bits per heavy atom. The largest absolute Gasteiger partial charge is 0.434 e. The monoisotopic (exact) mass is 424 g/mol. The maximum Gasteiger partial charge on any atom is 0.434 e. The SMILES string of the molecule is FC(F)(F)c1c[nH]c(CN2CC3(CCn4nc(-c5cnc6ccccc6c5)cc43)C2)n1. The number of rotatable bonds is 3. The summed E-state index contributed by atoms with van der Waals surface area (Å²) in [5.74, 6) is 0.344. The van der Waals surface area contributed by atoms with Gasteiger partial charge in [-0.15, -0.1) is 0 Å². The number of fused-ring (bicyclic) bond motifs is 3. The molecular weight excluding hydrogens is 405 g/mol. The number of alkyl halides is 3. The van der Waals surface area contributed by atoms with Crippen molar-refractivity contribution in [3.63, 3.8) is 0 Å². The van der Waals surface area contributed by atoms with Crippen LogP contribution in [0.2, 0.25) is 0 Å². The molecule has 0 aliphatic carbocycles. The van der Waals surface area contributed by atoms with Crippen molar-refractivity contribution in [2.24, 2.45) is 0 Å². The molecule has 0 amide bonds. The Bertz CT molecular complexity index is 1280. The minimum atomic E-state index is -4.42. The maximum atomic E-state index is 12.8. The zero-order valence-electron chi connectivity index (χ0n) is 16.5. The molecule has 0 bridgehead atoms. The van der Waals surface area contributed by atoms with Gasteiger partial charge in [0.25, 0.3) is 0 Å². The molecule has 2 aliphatic rings. The van der Waals surface area contributed by atoms with Crippen LogP contribution >= 0.6 is 0 Å². The van der Waals surface area contributed by atoms with E-state index in [0.29, 0.717) is 12.4 Å². The fourth-order valence-electron chi connectivity index (χ4n) is 4.86. The first-order valence-corrected chi connectivity index (χ1v) is 10.2. The van der Waals surface area contributed by atoms with Gasteiger partial charge in [-0.2, -0.15) is 18.3 Å². The third kappa shape index (κ3) is 3.03. The highest BCUT2D eigenvalue weighted by Gasteiger charge is 2.49. The number of para-hydroxylation sites is 1. The summed E-state index contributed by atoms with van der Waals surface area (Å²) in [7, 11) is 0. The molecular formula is C22H19F3N6. The molecule has 5 heterocycles. The summed E-state index contributed by atoms with van der Waals surface area (Å²) in [5, 5.41) is 5.88. The number of hydrogen-bond acceptors (Lipinski definition) is 4. The Labute approximate surface area is 175 Å². The molecule has 1 fully saturated rings. The van der Waals surface area contributed by atoms with E-state index in [4.69, 9.17) is 5.10 Å². The Balaban J connectivity index is 1.20. The highest BCUT2D eigenvalue weighted by Crippen LogP contribution is 2.44. The third-order valence-electron chi connectivity index (χ3n) is 6.36. The number of hydrogen-bond donors (Lipinski definition) is 1. The van der Waals surface area contributed by atoms with Gasteiger partial charge in [0.15, 0.2) is 5.69 Å². The van der Waals surface area contributed by atoms with E-state index >= 15 is 0 Å². The molecule has 0 atom stereocenters. The number of nitrogens with one attached hydrogen (secondary N) is 1. The van der Waals surface area contributed by atoms with Gasteiger partial charge < -0.3 is 4.98 Å². The lowest BCUT2D eigenvalue weighted by molar-refractivity contribution is -0.141. The molecule has 1 aromatic carbocycles. The van der Waals surface area contributed by atoms with Gasteiger partial charge >= 0.3 is 6.18 Å². The van der Waals surface area contributed by atoms with Crippen LogP contribution in [-0.2, 0) is 24.7 Å². The predicted molar refractivity (Wildman–Crippen MR) is 108 cm³/mol. The lowest BCUT2D eigenvalue weighted by atomic mass is 9.76. The lowest BCUT2D eigenvalue weighted by Gasteiger charge is -2.47. The van der Waals surface area contributed by atoms with Crippen LogP contribution in [0.15, 0.2) is 48.8 Å². The summed E-state index contributed by atoms with van der Waals surface area (Å²) < 4.78 is 40.3. The van der Waals surface area contributed by atoms with Gasteiger partial charge in [-0.05, 0) is 24.6 Å². The number of likely N-dealkylation sites (tertiary alicyclic amines) is 1. The van der Waals surface area contributed by atoms with Gasteiger partial charge in [-0.3, -0.25) is 14.6 Å². The molecule has 1 saturated heterocycles. The van der Waals surface area contributed by atoms with Crippen molar-refractivity contribution in [2.75, 3.05) is 13.1 Å². The Morgan fingerprint density at radius 2 is 1.97 bits per heavy atom. The van der Waals surface area contributed by atoms with Crippen LogP contribution in [0.5, 0.6) is 0 Å². The fraction of sp³-hybridized carbons (Fsp3) is 0.318. The van der Waals surface area contributed by atoms with E-state index in [9.17, 15) is 13.2 Å². The summed E-state index contributed by atoms with van der Waals surface area (Å²) in [4.78, 5) is 13.0. The average molecular weight is 424 g/mol. The van der Waals surface area contributed by atoms with Crippen LogP contribution in [0, 0.1) is 0 Å². The molecule has 31 heavy (non-hydrogen) atoms. The van der Waals surface area contributed by atoms with E-state index < -0.39 is 11.9 Å².